The zero-order valence-electron chi connectivity index (χ0n) is 17.2. The Bertz CT molecular complexity index is 855. The van der Waals surface area contributed by atoms with Gasteiger partial charge in [-0.1, -0.05) is 39.5 Å². The molecule has 0 aliphatic rings. The van der Waals surface area contributed by atoms with Crippen LogP contribution in [0.25, 0.3) is 6.08 Å². The molecule has 4 nitrogen and oxygen atoms in total. The van der Waals surface area contributed by atoms with Crippen molar-refractivity contribution in [2.24, 2.45) is 0 Å². The third-order valence-electron chi connectivity index (χ3n) is 4.23. The van der Waals surface area contributed by atoms with E-state index in [0.717, 1.165) is 16.9 Å². The second-order valence-electron chi connectivity index (χ2n) is 7.37. The number of hydrogen-bond donors (Lipinski definition) is 0. The molecule has 0 amide bonds. The fraction of sp³-hybridized carbons (Fsp3) is 0.292. The van der Waals surface area contributed by atoms with E-state index in [1.807, 2.05) is 18.2 Å². The lowest BCUT2D eigenvalue weighted by Crippen LogP contribution is -2.15. The van der Waals surface area contributed by atoms with Crippen LogP contribution >= 0.6 is 0 Å². The van der Waals surface area contributed by atoms with E-state index >= 15 is 0 Å². The molecule has 0 N–H and O–H groups in total. The Hall–Kier alpha value is -3.01. The van der Waals surface area contributed by atoms with Crippen molar-refractivity contribution in [1.29, 1.82) is 0 Å². The molecule has 0 saturated carbocycles. The van der Waals surface area contributed by atoms with Gasteiger partial charge in [-0.25, -0.2) is 0 Å². The SMILES string of the molecule is C=CCOc1ccc(C(=O)C=Cc2cc(OC)cc(OC)c2C(C)(C)C)cc1. The van der Waals surface area contributed by atoms with Crippen molar-refractivity contribution in [3.8, 4) is 17.2 Å². The van der Waals surface area contributed by atoms with Gasteiger partial charge in [-0.05, 0) is 47.4 Å². The molecule has 2 aromatic rings. The Morgan fingerprint density at radius 3 is 2.25 bits per heavy atom. The lowest BCUT2D eigenvalue weighted by molar-refractivity contribution is 0.104. The van der Waals surface area contributed by atoms with Crippen LogP contribution in [0.2, 0.25) is 0 Å². The zero-order valence-corrected chi connectivity index (χ0v) is 17.2. The van der Waals surface area contributed by atoms with Gasteiger partial charge in [0, 0.05) is 17.2 Å². The van der Waals surface area contributed by atoms with Crippen LogP contribution in [-0.2, 0) is 5.41 Å². The number of benzene rings is 2. The summed E-state index contributed by atoms with van der Waals surface area (Å²) < 4.78 is 16.4. The highest BCUT2D eigenvalue weighted by molar-refractivity contribution is 6.07. The van der Waals surface area contributed by atoms with Gasteiger partial charge < -0.3 is 14.2 Å². The predicted octanol–water partition coefficient (Wildman–Crippen LogP) is 5.46. The van der Waals surface area contributed by atoms with E-state index < -0.39 is 0 Å². The largest absolute Gasteiger partial charge is 0.497 e. The normalized spacial score (nSPS) is 11.3. The van der Waals surface area contributed by atoms with Crippen LogP contribution in [0.3, 0.4) is 0 Å². The molecule has 0 aromatic heterocycles. The molecule has 0 spiro atoms. The standard InChI is InChI=1S/C24H28O4/c1-7-14-28-19-11-8-17(9-12-19)21(25)13-10-18-15-20(26-5)16-22(27-6)23(18)24(2,3)4/h7-13,15-16H,1,14H2,2-6H3. The third kappa shape index (κ3) is 5.26. The summed E-state index contributed by atoms with van der Waals surface area (Å²) in [4.78, 5) is 12.6. The maximum atomic E-state index is 12.6. The van der Waals surface area contributed by atoms with Crippen LogP contribution in [0.15, 0.2) is 55.1 Å². The molecule has 0 fully saturated rings. The number of methoxy groups -OCH3 is 2. The predicted molar refractivity (Wildman–Crippen MR) is 114 cm³/mol. The Balaban J connectivity index is 2.34. The molecule has 0 bridgehead atoms. The van der Waals surface area contributed by atoms with Crippen molar-refractivity contribution in [2.45, 2.75) is 26.2 Å². The van der Waals surface area contributed by atoms with Gasteiger partial charge in [-0.15, -0.1) is 0 Å². The quantitative estimate of drug-likeness (QED) is 0.346. The van der Waals surface area contributed by atoms with Crippen molar-refractivity contribution in [1.82, 2.24) is 0 Å². The number of ketones is 1. The van der Waals surface area contributed by atoms with E-state index in [9.17, 15) is 4.79 Å². The van der Waals surface area contributed by atoms with Crippen molar-refractivity contribution in [3.05, 3.63) is 71.8 Å². The number of allylic oxidation sites excluding steroid dienone is 1. The number of carbonyl (C=O) groups excluding carboxylic acids is 1. The first-order valence-electron chi connectivity index (χ1n) is 9.12. The summed E-state index contributed by atoms with van der Waals surface area (Å²) in [5.41, 5.74) is 2.34. The Labute approximate surface area is 167 Å². The Kier molecular flexibility index (Phi) is 7.05. The summed E-state index contributed by atoms with van der Waals surface area (Å²) in [6.45, 7) is 10.4. The third-order valence-corrected chi connectivity index (χ3v) is 4.23. The molecule has 4 heteroatoms. The molecule has 0 heterocycles. The van der Waals surface area contributed by atoms with Gasteiger partial charge in [0.1, 0.15) is 23.9 Å². The minimum Gasteiger partial charge on any atom is -0.497 e. The first-order valence-corrected chi connectivity index (χ1v) is 9.12. The summed E-state index contributed by atoms with van der Waals surface area (Å²) in [6, 6.07) is 10.8. The van der Waals surface area contributed by atoms with Crippen molar-refractivity contribution >= 4 is 11.9 Å². The fourth-order valence-electron chi connectivity index (χ4n) is 2.96. The molecule has 2 rings (SSSR count). The summed E-state index contributed by atoms with van der Waals surface area (Å²) in [7, 11) is 3.25. The first-order chi connectivity index (χ1) is 13.3. The zero-order chi connectivity index (χ0) is 20.7. The van der Waals surface area contributed by atoms with Gasteiger partial charge in [0.15, 0.2) is 5.78 Å². The molecule has 0 saturated heterocycles. The van der Waals surface area contributed by atoms with Crippen molar-refractivity contribution < 1.29 is 19.0 Å². The fourth-order valence-corrected chi connectivity index (χ4v) is 2.96. The van der Waals surface area contributed by atoms with Gasteiger partial charge in [-0.3, -0.25) is 4.79 Å². The second kappa shape index (κ2) is 9.27. The molecule has 0 atom stereocenters. The molecule has 28 heavy (non-hydrogen) atoms. The van der Waals surface area contributed by atoms with E-state index in [0.29, 0.717) is 23.7 Å². The second-order valence-corrected chi connectivity index (χ2v) is 7.37. The van der Waals surface area contributed by atoms with Crippen LogP contribution < -0.4 is 14.2 Å². The average molecular weight is 380 g/mol. The maximum absolute atomic E-state index is 12.6. The van der Waals surface area contributed by atoms with E-state index in [1.165, 1.54) is 0 Å². The number of ether oxygens (including phenoxy) is 3. The highest BCUT2D eigenvalue weighted by Gasteiger charge is 2.23. The topological polar surface area (TPSA) is 44.8 Å². The number of hydrogen-bond acceptors (Lipinski definition) is 4. The lowest BCUT2D eigenvalue weighted by atomic mass is 9.82. The summed E-state index contributed by atoms with van der Waals surface area (Å²) in [5, 5.41) is 0. The van der Waals surface area contributed by atoms with Crippen molar-refractivity contribution in [2.75, 3.05) is 20.8 Å². The lowest BCUT2D eigenvalue weighted by Gasteiger charge is -2.25. The van der Waals surface area contributed by atoms with Gasteiger partial charge in [0.05, 0.1) is 14.2 Å². The van der Waals surface area contributed by atoms with Crippen LogP contribution in [0.5, 0.6) is 17.2 Å². The molecule has 0 aliphatic carbocycles. The molecule has 0 aliphatic heterocycles. The molecule has 0 radical (unpaired) electrons. The van der Waals surface area contributed by atoms with Crippen LogP contribution in [-0.4, -0.2) is 26.6 Å². The summed E-state index contributed by atoms with van der Waals surface area (Å²) >= 11 is 0. The first kappa shape index (κ1) is 21.3. The van der Waals surface area contributed by atoms with E-state index in [-0.39, 0.29) is 11.2 Å². The van der Waals surface area contributed by atoms with Crippen LogP contribution in [0.4, 0.5) is 0 Å². The molecular weight excluding hydrogens is 352 g/mol. The number of rotatable bonds is 8. The smallest absolute Gasteiger partial charge is 0.185 e. The highest BCUT2D eigenvalue weighted by Crippen LogP contribution is 2.38. The van der Waals surface area contributed by atoms with Gasteiger partial charge in [0.25, 0.3) is 0 Å². The van der Waals surface area contributed by atoms with Crippen LogP contribution in [0, 0.1) is 0 Å². The Morgan fingerprint density at radius 1 is 1.04 bits per heavy atom. The maximum Gasteiger partial charge on any atom is 0.185 e. The van der Waals surface area contributed by atoms with Gasteiger partial charge in [-0.2, -0.15) is 0 Å². The van der Waals surface area contributed by atoms with Crippen LogP contribution in [0.1, 0.15) is 42.3 Å². The molecule has 148 valence electrons. The van der Waals surface area contributed by atoms with Gasteiger partial charge >= 0.3 is 0 Å². The summed E-state index contributed by atoms with van der Waals surface area (Å²) in [6.07, 6.45) is 5.07. The number of carbonyl (C=O) groups is 1. The average Bonchev–Trinajstić information content (AvgIpc) is 2.69. The van der Waals surface area contributed by atoms with Crippen molar-refractivity contribution in [3.63, 3.8) is 0 Å². The minimum absolute atomic E-state index is 0.0862. The monoisotopic (exact) mass is 380 g/mol. The van der Waals surface area contributed by atoms with E-state index in [1.54, 1.807) is 50.6 Å². The summed E-state index contributed by atoms with van der Waals surface area (Å²) in [5.74, 6) is 2.04. The highest BCUT2D eigenvalue weighted by atomic mass is 16.5. The minimum atomic E-state index is -0.162. The van der Waals surface area contributed by atoms with E-state index in [4.69, 9.17) is 14.2 Å². The Morgan fingerprint density at radius 2 is 1.71 bits per heavy atom. The molecule has 2 aromatic carbocycles. The molecular formula is C24H28O4. The molecule has 0 unspecified atom stereocenters. The van der Waals surface area contributed by atoms with Gasteiger partial charge in [0.2, 0.25) is 0 Å². The van der Waals surface area contributed by atoms with E-state index in [2.05, 4.69) is 27.4 Å².